The number of nitriles is 2. The first-order chi connectivity index (χ1) is 10.6. The van der Waals surface area contributed by atoms with E-state index in [2.05, 4.69) is 17.1 Å². The van der Waals surface area contributed by atoms with Crippen molar-refractivity contribution in [1.82, 2.24) is 0 Å². The van der Waals surface area contributed by atoms with Crippen molar-refractivity contribution in [3.8, 4) is 12.1 Å². The topological polar surface area (TPSA) is 106 Å². The van der Waals surface area contributed by atoms with Crippen molar-refractivity contribution >= 4 is 17.4 Å². The maximum atomic E-state index is 9.90. The molecule has 0 unspecified atom stereocenters. The highest BCUT2D eigenvalue weighted by Gasteiger charge is 2.97. The highest BCUT2D eigenvalue weighted by atomic mass is 35.5. The van der Waals surface area contributed by atoms with Crippen LogP contribution in [-0.2, 0) is 9.47 Å². The molecule has 0 aromatic heterocycles. The Hall–Kier alpha value is -2.12. The fourth-order valence-corrected chi connectivity index (χ4v) is 4.20. The third-order valence-corrected chi connectivity index (χ3v) is 5.11. The van der Waals surface area contributed by atoms with Crippen LogP contribution in [0.1, 0.15) is 11.5 Å². The zero-order chi connectivity index (χ0) is 15.6. The number of hydrogen-bond acceptors (Lipinski definition) is 5. The minimum Gasteiger partial charge on any atom is -0.311 e. The van der Waals surface area contributed by atoms with Crippen LogP contribution in [0.2, 0.25) is 5.02 Å². The van der Waals surface area contributed by atoms with E-state index in [0.29, 0.717) is 18.2 Å². The minimum atomic E-state index is -1.37. The van der Waals surface area contributed by atoms with E-state index in [0.717, 1.165) is 5.56 Å². The molecule has 4 rings (SSSR count). The number of nitrogens with zero attached hydrogens (tertiary/aromatic N) is 2. The van der Waals surface area contributed by atoms with Crippen molar-refractivity contribution < 1.29 is 14.5 Å². The van der Waals surface area contributed by atoms with Crippen LogP contribution in [0.25, 0.3) is 0 Å². The molecule has 3 N–H and O–H groups in total. The Balaban J connectivity index is 1.94. The number of amidine groups is 1. The van der Waals surface area contributed by atoms with E-state index in [1.807, 2.05) is 6.07 Å². The van der Waals surface area contributed by atoms with Gasteiger partial charge in [0.25, 0.3) is 5.84 Å². The van der Waals surface area contributed by atoms with Gasteiger partial charge in [-0.15, -0.1) is 0 Å². The molecule has 0 amide bonds. The van der Waals surface area contributed by atoms with Gasteiger partial charge in [-0.25, -0.2) is 4.99 Å². The SMILES string of the molecule is N#C[C@@]12C(N)=[NH+]C3(OCCO3)[C@]1(C#N)[C@@H]2c1cccc(Cl)c1. The molecule has 1 spiro atoms. The fourth-order valence-electron chi connectivity index (χ4n) is 4.00. The summed E-state index contributed by atoms with van der Waals surface area (Å²) in [7, 11) is 0. The van der Waals surface area contributed by atoms with Crippen molar-refractivity contribution in [3.05, 3.63) is 34.9 Å². The van der Waals surface area contributed by atoms with Crippen LogP contribution in [0.4, 0.5) is 0 Å². The molecule has 2 fully saturated rings. The quantitative estimate of drug-likeness (QED) is 0.734. The van der Waals surface area contributed by atoms with E-state index in [1.54, 1.807) is 18.2 Å². The molecule has 22 heavy (non-hydrogen) atoms. The van der Waals surface area contributed by atoms with E-state index in [9.17, 15) is 10.5 Å². The van der Waals surface area contributed by atoms with Crippen molar-refractivity contribution in [2.75, 3.05) is 13.2 Å². The van der Waals surface area contributed by atoms with Crippen molar-refractivity contribution in [3.63, 3.8) is 0 Å². The largest absolute Gasteiger partial charge is 0.343 e. The number of nitrogens with one attached hydrogen (secondary N) is 1. The molecular weight excluding hydrogens is 304 g/mol. The van der Waals surface area contributed by atoms with E-state index in [-0.39, 0.29) is 5.84 Å². The zero-order valence-corrected chi connectivity index (χ0v) is 12.2. The normalized spacial score (nSPS) is 37.2. The average molecular weight is 316 g/mol. The molecule has 2 heterocycles. The Labute approximate surface area is 131 Å². The van der Waals surface area contributed by atoms with E-state index >= 15 is 0 Å². The second-order valence-corrected chi connectivity index (χ2v) is 6.12. The zero-order valence-electron chi connectivity index (χ0n) is 11.5. The van der Waals surface area contributed by atoms with E-state index in [1.165, 1.54) is 0 Å². The molecule has 110 valence electrons. The van der Waals surface area contributed by atoms with Crippen LogP contribution in [0, 0.1) is 33.5 Å². The Bertz CT molecular complexity index is 789. The average Bonchev–Trinajstić information content (AvgIpc) is 2.77. The number of hydrogen-bond donors (Lipinski definition) is 2. The molecule has 3 aliphatic rings. The molecule has 1 aromatic rings. The third-order valence-electron chi connectivity index (χ3n) is 4.88. The molecule has 2 aliphatic heterocycles. The Morgan fingerprint density at radius 2 is 2.00 bits per heavy atom. The third kappa shape index (κ3) is 1.17. The Morgan fingerprint density at radius 1 is 1.27 bits per heavy atom. The van der Waals surface area contributed by atoms with Gasteiger partial charge in [-0.1, -0.05) is 23.7 Å². The molecule has 7 heteroatoms. The lowest BCUT2D eigenvalue weighted by molar-refractivity contribution is -0.676. The summed E-state index contributed by atoms with van der Waals surface area (Å²) in [6.07, 6.45) is 0. The highest BCUT2D eigenvalue weighted by molar-refractivity contribution is 6.30. The molecule has 0 radical (unpaired) electrons. The molecule has 3 atom stereocenters. The summed E-state index contributed by atoms with van der Waals surface area (Å²) in [6, 6.07) is 11.6. The summed E-state index contributed by atoms with van der Waals surface area (Å²) in [5.74, 6) is -1.61. The van der Waals surface area contributed by atoms with Crippen LogP contribution in [0.15, 0.2) is 24.3 Å². The summed E-state index contributed by atoms with van der Waals surface area (Å²) in [6.45, 7) is 0.682. The first-order valence-electron chi connectivity index (χ1n) is 6.85. The number of benzene rings is 1. The number of rotatable bonds is 1. The van der Waals surface area contributed by atoms with Gasteiger partial charge in [0.2, 0.25) is 0 Å². The second kappa shape index (κ2) is 3.99. The van der Waals surface area contributed by atoms with Gasteiger partial charge in [-0.05, 0) is 17.7 Å². The molecular formula is C15H12ClN4O2+. The number of nitrogens with two attached hydrogens (primary N) is 1. The smallest absolute Gasteiger partial charge is 0.311 e. The highest BCUT2D eigenvalue weighted by Crippen LogP contribution is 2.79. The van der Waals surface area contributed by atoms with Gasteiger partial charge in [-0.2, -0.15) is 10.5 Å². The van der Waals surface area contributed by atoms with Crippen LogP contribution in [0.5, 0.6) is 0 Å². The minimum absolute atomic E-state index is 0.212. The Morgan fingerprint density at radius 3 is 2.59 bits per heavy atom. The van der Waals surface area contributed by atoms with Crippen LogP contribution in [-0.4, -0.2) is 25.0 Å². The van der Waals surface area contributed by atoms with Gasteiger partial charge in [0.1, 0.15) is 0 Å². The predicted octanol–water partition coefficient (Wildman–Crippen LogP) is -0.391. The molecule has 0 bridgehead atoms. The van der Waals surface area contributed by atoms with Gasteiger partial charge < -0.3 is 9.47 Å². The fraction of sp³-hybridized carbons (Fsp3) is 0.400. The molecule has 1 saturated carbocycles. The molecule has 6 nitrogen and oxygen atoms in total. The lowest BCUT2D eigenvalue weighted by Crippen LogP contribution is -2.89. The van der Waals surface area contributed by atoms with Crippen molar-refractivity contribution in [2.45, 2.75) is 11.8 Å². The van der Waals surface area contributed by atoms with Gasteiger partial charge in [-0.3, -0.25) is 5.73 Å². The summed E-state index contributed by atoms with van der Waals surface area (Å²) in [4.78, 5) is 2.90. The predicted molar refractivity (Wildman–Crippen MR) is 75.1 cm³/mol. The number of halogens is 1. The maximum absolute atomic E-state index is 9.90. The molecule has 1 saturated heterocycles. The number of fused-ring (bicyclic) bond motifs is 2. The van der Waals surface area contributed by atoms with E-state index in [4.69, 9.17) is 26.8 Å². The first kappa shape index (κ1) is 13.5. The molecule has 1 aromatic carbocycles. The van der Waals surface area contributed by atoms with Crippen LogP contribution >= 0.6 is 11.6 Å². The summed E-state index contributed by atoms with van der Waals surface area (Å²) in [5.41, 5.74) is 4.46. The van der Waals surface area contributed by atoms with Crippen molar-refractivity contribution in [2.24, 2.45) is 16.6 Å². The Kier molecular flexibility index (Phi) is 2.46. The van der Waals surface area contributed by atoms with E-state index < -0.39 is 22.7 Å². The van der Waals surface area contributed by atoms with Gasteiger partial charge in [0, 0.05) is 10.9 Å². The second-order valence-electron chi connectivity index (χ2n) is 5.68. The van der Waals surface area contributed by atoms with Crippen LogP contribution in [0.3, 0.4) is 0 Å². The van der Waals surface area contributed by atoms with Crippen LogP contribution < -0.4 is 10.7 Å². The summed E-state index contributed by atoms with van der Waals surface area (Å²) < 4.78 is 11.4. The molecule has 1 aliphatic carbocycles. The lowest BCUT2D eigenvalue weighted by atomic mass is 9.94. The van der Waals surface area contributed by atoms with Gasteiger partial charge in [0.15, 0.2) is 10.8 Å². The standard InChI is InChI=1S/C15H11ClN4O2/c16-10-3-1-2-9(6-10)11-13(7-17)12(19)20-15(14(11,13)8-18)21-4-5-22-15/h1-3,6,11H,4-5H2,(H2,19,20)/p+1/t11-,13-,14-/m1/s1. The summed E-state index contributed by atoms with van der Waals surface area (Å²) >= 11 is 6.06. The van der Waals surface area contributed by atoms with Crippen molar-refractivity contribution in [1.29, 1.82) is 10.5 Å². The monoisotopic (exact) mass is 315 g/mol. The van der Waals surface area contributed by atoms with Gasteiger partial charge in [0.05, 0.1) is 25.4 Å². The maximum Gasteiger partial charge on any atom is 0.343 e. The summed E-state index contributed by atoms with van der Waals surface area (Å²) in [5, 5.41) is 20.2. The first-order valence-corrected chi connectivity index (χ1v) is 7.23. The van der Waals surface area contributed by atoms with Gasteiger partial charge >= 0.3 is 5.91 Å². The number of ether oxygens (including phenoxy) is 2. The lowest BCUT2D eigenvalue weighted by Gasteiger charge is -2.23.